The summed E-state index contributed by atoms with van der Waals surface area (Å²) in [4.78, 5) is 16.9. The summed E-state index contributed by atoms with van der Waals surface area (Å²) in [5.41, 5.74) is 4.09. The Balaban J connectivity index is 1.70. The summed E-state index contributed by atoms with van der Waals surface area (Å²) >= 11 is 0. The van der Waals surface area contributed by atoms with Crippen LogP contribution in [0.1, 0.15) is 35.9 Å². The Labute approximate surface area is 190 Å². The van der Waals surface area contributed by atoms with Crippen molar-refractivity contribution in [3.8, 4) is 17.2 Å². The number of allylic oxidation sites excluding steroid dienone is 2. The topological polar surface area (TPSA) is 93.8 Å². The van der Waals surface area contributed by atoms with Crippen LogP contribution in [0.15, 0.2) is 52.8 Å². The number of phenols is 1. The van der Waals surface area contributed by atoms with Crippen LogP contribution in [0.3, 0.4) is 0 Å². The second-order valence-corrected chi connectivity index (χ2v) is 7.52. The first-order valence-electron chi connectivity index (χ1n) is 10.2. The number of hydrogen-bond donors (Lipinski definition) is 2. The number of nitrogens with zero attached hydrogens (tertiary/aromatic N) is 1. The molecule has 7 nitrogen and oxygen atoms in total. The maximum Gasteiger partial charge on any atom is 0.224 e. The molecule has 2 aromatic heterocycles. The number of ether oxygens (including phenoxy) is 2. The number of furan rings is 1. The monoisotopic (exact) mass is 450 g/mol. The molecule has 8 heteroatoms. The van der Waals surface area contributed by atoms with Crippen LogP contribution >= 0.6 is 0 Å². The van der Waals surface area contributed by atoms with Gasteiger partial charge in [-0.15, -0.1) is 0 Å². The van der Waals surface area contributed by atoms with Gasteiger partial charge in [0.25, 0.3) is 0 Å². The highest BCUT2D eigenvalue weighted by Gasteiger charge is 2.27. The summed E-state index contributed by atoms with van der Waals surface area (Å²) < 4.78 is 29.8. The molecule has 2 heterocycles. The van der Waals surface area contributed by atoms with Crippen LogP contribution < -0.4 is 14.8 Å². The molecule has 0 bridgehead atoms. The van der Waals surface area contributed by atoms with Crippen LogP contribution in [0.4, 0.5) is 4.39 Å². The molecule has 3 aromatic rings. The summed E-state index contributed by atoms with van der Waals surface area (Å²) in [5.74, 6) is 0.352. The molecule has 0 saturated heterocycles. The van der Waals surface area contributed by atoms with Crippen molar-refractivity contribution in [1.29, 1.82) is 0 Å². The lowest BCUT2D eigenvalue weighted by atomic mass is 10.0. The number of aromatic nitrogens is 1. The fourth-order valence-corrected chi connectivity index (χ4v) is 3.82. The quantitative estimate of drug-likeness (QED) is 0.548. The highest BCUT2D eigenvalue weighted by Crippen LogP contribution is 2.44. The zero-order chi connectivity index (χ0) is 23.5. The highest BCUT2D eigenvalue weighted by molar-refractivity contribution is 6.07. The van der Waals surface area contributed by atoms with E-state index in [9.17, 15) is 14.3 Å². The molecule has 0 radical (unpaired) electrons. The van der Waals surface area contributed by atoms with Crippen LogP contribution in [0, 0.1) is 5.82 Å². The second kappa shape index (κ2) is 9.20. The third-order valence-corrected chi connectivity index (χ3v) is 5.48. The number of carbonyl (C=O) groups excluding carboxylic acids is 1. The molecule has 0 atom stereocenters. The number of aromatic hydroxyl groups is 1. The molecule has 0 saturated carbocycles. The number of fused-ring (bicyclic) bond motifs is 1. The first-order valence-corrected chi connectivity index (χ1v) is 10.2. The van der Waals surface area contributed by atoms with Gasteiger partial charge in [-0.05, 0) is 60.0 Å². The Kier molecular flexibility index (Phi) is 6.17. The molecule has 33 heavy (non-hydrogen) atoms. The predicted molar refractivity (Wildman–Crippen MR) is 121 cm³/mol. The van der Waals surface area contributed by atoms with Gasteiger partial charge in [-0.25, -0.2) is 4.39 Å². The van der Waals surface area contributed by atoms with E-state index in [-0.39, 0.29) is 36.1 Å². The molecule has 1 amide bonds. The Hall–Kier alpha value is -4.07. The van der Waals surface area contributed by atoms with E-state index in [2.05, 4.69) is 10.3 Å². The van der Waals surface area contributed by atoms with Gasteiger partial charge in [-0.2, -0.15) is 0 Å². The number of methoxy groups -OCH3 is 2. The number of phenolic OH excluding ortho intramolecular Hbond substituents is 1. The van der Waals surface area contributed by atoms with Crippen molar-refractivity contribution >= 4 is 23.1 Å². The van der Waals surface area contributed by atoms with E-state index in [4.69, 9.17) is 13.9 Å². The summed E-state index contributed by atoms with van der Waals surface area (Å²) in [5, 5.41) is 13.0. The van der Waals surface area contributed by atoms with Crippen LogP contribution in [-0.2, 0) is 11.3 Å². The average Bonchev–Trinajstić information content (AvgIpc) is 3.41. The Morgan fingerprint density at radius 1 is 1.24 bits per heavy atom. The fourth-order valence-electron chi connectivity index (χ4n) is 3.82. The zero-order valence-corrected chi connectivity index (χ0v) is 18.4. The zero-order valence-electron chi connectivity index (χ0n) is 18.4. The number of nitrogens with one attached hydrogen (secondary N) is 1. The van der Waals surface area contributed by atoms with E-state index >= 15 is 0 Å². The maximum absolute atomic E-state index is 14.1. The summed E-state index contributed by atoms with van der Waals surface area (Å²) in [6.45, 7) is 2.14. The predicted octanol–water partition coefficient (Wildman–Crippen LogP) is 4.57. The third kappa shape index (κ3) is 4.45. The molecule has 1 aromatic carbocycles. The SMILES string of the molecule is COc1cc(C=C2C(C)=C(CC(=O)NCc3ccco3)c3cc(F)cnc32)cc(OC)c1O. The Morgan fingerprint density at radius 2 is 1.97 bits per heavy atom. The van der Waals surface area contributed by atoms with Crippen molar-refractivity contribution in [2.24, 2.45) is 0 Å². The number of pyridine rings is 1. The van der Waals surface area contributed by atoms with E-state index in [1.54, 1.807) is 30.5 Å². The fraction of sp³-hybridized carbons (Fsp3) is 0.200. The lowest BCUT2D eigenvalue weighted by molar-refractivity contribution is -0.120. The lowest BCUT2D eigenvalue weighted by Gasteiger charge is -2.10. The van der Waals surface area contributed by atoms with Crippen LogP contribution in [0.25, 0.3) is 17.2 Å². The van der Waals surface area contributed by atoms with Gasteiger partial charge in [0.05, 0.1) is 45.3 Å². The van der Waals surface area contributed by atoms with Crippen LogP contribution in [-0.4, -0.2) is 30.2 Å². The molecule has 1 aliphatic rings. The van der Waals surface area contributed by atoms with Gasteiger partial charge in [0, 0.05) is 11.1 Å². The van der Waals surface area contributed by atoms with Gasteiger partial charge in [0.15, 0.2) is 11.5 Å². The summed E-state index contributed by atoms with van der Waals surface area (Å²) in [7, 11) is 2.90. The summed E-state index contributed by atoms with van der Waals surface area (Å²) in [6.07, 6.45) is 4.60. The molecular weight excluding hydrogens is 427 g/mol. The average molecular weight is 450 g/mol. The van der Waals surface area contributed by atoms with Crippen LogP contribution in [0.2, 0.25) is 0 Å². The number of amides is 1. The van der Waals surface area contributed by atoms with E-state index in [1.807, 2.05) is 13.0 Å². The normalized spacial score (nSPS) is 13.9. The summed E-state index contributed by atoms with van der Waals surface area (Å²) in [6, 6.07) is 8.24. The molecule has 0 aliphatic heterocycles. The number of halogens is 1. The minimum atomic E-state index is -0.482. The highest BCUT2D eigenvalue weighted by atomic mass is 19.1. The standard InChI is InChI=1S/C25H23FN2O5/c1-14-18(11-23(29)27-13-17-5-4-6-33-17)20-10-16(26)12-28-24(20)19(14)7-15-8-21(31-2)25(30)22(9-15)32-3/h4-10,12,30H,11,13H2,1-3H3,(H,27,29). The van der Waals surface area contributed by atoms with E-state index in [1.165, 1.54) is 20.3 Å². The minimum absolute atomic E-state index is 0.0598. The molecule has 4 rings (SSSR count). The van der Waals surface area contributed by atoms with Crippen molar-refractivity contribution in [2.45, 2.75) is 19.9 Å². The van der Waals surface area contributed by atoms with Gasteiger partial charge in [-0.3, -0.25) is 9.78 Å². The van der Waals surface area contributed by atoms with Gasteiger partial charge >= 0.3 is 0 Å². The molecule has 0 unspecified atom stereocenters. The first-order chi connectivity index (χ1) is 15.9. The molecule has 0 spiro atoms. The van der Waals surface area contributed by atoms with Crippen molar-refractivity contribution in [1.82, 2.24) is 10.3 Å². The van der Waals surface area contributed by atoms with E-state index < -0.39 is 5.82 Å². The van der Waals surface area contributed by atoms with E-state index in [0.717, 1.165) is 17.3 Å². The van der Waals surface area contributed by atoms with Crippen molar-refractivity contribution < 1.29 is 28.2 Å². The van der Waals surface area contributed by atoms with E-state index in [0.29, 0.717) is 28.2 Å². The molecule has 1 aliphatic carbocycles. The van der Waals surface area contributed by atoms with Crippen molar-refractivity contribution in [2.75, 3.05) is 14.2 Å². The van der Waals surface area contributed by atoms with Gasteiger partial charge in [-0.1, -0.05) is 0 Å². The van der Waals surface area contributed by atoms with Gasteiger partial charge in [0.1, 0.15) is 11.6 Å². The number of hydrogen-bond acceptors (Lipinski definition) is 6. The molecule has 2 N–H and O–H groups in total. The molecule has 170 valence electrons. The largest absolute Gasteiger partial charge is 0.502 e. The van der Waals surface area contributed by atoms with Crippen LogP contribution in [0.5, 0.6) is 17.2 Å². The maximum atomic E-state index is 14.1. The minimum Gasteiger partial charge on any atom is -0.502 e. The number of benzene rings is 1. The Morgan fingerprint density at radius 3 is 2.61 bits per heavy atom. The Bertz CT molecular complexity index is 1240. The molecule has 0 fully saturated rings. The number of rotatable bonds is 7. The number of carbonyl (C=O) groups is 1. The van der Waals surface area contributed by atoms with Crippen molar-refractivity contribution in [3.05, 3.63) is 76.8 Å². The van der Waals surface area contributed by atoms with Crippen molar-refractivity contribution in [3.63, 3.8) is 0 Å². The van der Waals surface area contributed by atoms with Gasteiger partial charge in [0.2, 0.25) is 11.7 Å². The third-order valence-electron chi connectivity index (χ3n) is 5.48. The van der Waals surface area contributed by atoms with Gasteiger partial charge < -0.3 is 24.3 Å². The lowest BCUT2D eigenvalue weighted by Crippen LogP contribution is -2.22. The second-order valence-electron chi connectivity index (χ2n) is 7.52. The molecular formula is C25H23FN2O5. The first kappa shape index (κ1) is 22.1. The smallest absolute Gasteiger partial charge is 0.224 e.